The predicted molar refractivity (Wildman–Crippen MR) is 89.9 cm³/mol. The number of rotatable bonds is 4. The van der Waals surface area contributed by atoms with Gasteiger partial charge in [-0.05, 0) is 18.6 Å². The summed E-state index contributed by atoms with van der Waals surface area (Å²) in [6, 6.07) is 6.30. The Morgan fingerprint density at radius 3 is 2.83 bits per heavy atom. The summed E-state index contributed by atoms with van der Waals surface area (Å²) < 4.78 is 15.8. The molecule has 0 bridgehead atoms. The van der Waals surface area contributed by atoms with Crippen molar-refractivity contribution in [1.82, 2.24) is 20.0 Å². The number of aryl methyl sites for hydroxylation is 1. The third kappa shape index (κ3) is 3.06. The van der Waals surface area contributed by atoms with Gasteiger partial charge in [0.15, 0.2) is 0 Å². The number of carbonyl (C=O) groups is 1. The molecule has 2 aromatic rings. The summed E-state index contributed by atoms with van der Waals surface area (Å²) in [4.78, 5) is 14.7. The monoisotopic (exact) mass is 330 g/mol. The number of aromatic nitrogens is 2. The molecule has 1 aliphatic rings. The number of amides is 1. The molecule has 1 aromatic heterocycles. The molecule has 1 fully saturated rings. The second kappa shape index (κ2) is 6.73. The molecule has 0 saturated carbocycles. The van der Waals surface area contributed by atoms with E-state index in [-0.39, 0.29) is 29.6 Å². The normalized spacial score (nSPS) is 21.7. The smallest absolute Gasteiger partial charge is 0.227 e. The van der Waals surface area contributed by atoms with E-state index in [9.17, 15) is 9.18 Å². The Hall–Kier alpha value is -2.21. The number of benzene rings is 1. The molecule has 3 atom stereocenters. The average Bonchev–Trinajstić information content (AvgIpc) is 3.21. The van der Waals surface area contributed by atoms with Crippen molar-refractivity contribution in [3.8, 4) is 0 Å². The maximum atomic E-state index is 14.0. The largest absolute Gasteiger partial charge is 0.339 e. The van der Waals surface area contributed by atoms with Gasteiger partial charge < -0.3 is 10.2 Å². The van der Waals surface area contributed by atoms with E-state index in [0.29, 0.717) is 12.1 Å². The SMILES string of the molecule is CC(c1ccccc1F)N(C)C(=O)[C@H]1CNC[C@@H]1c1cnn(C)c1. The molecule has 24 heavy (non-hydrogen) atoms. The van der Waals surface area contributed by atoms with Crippen molar-refractivity contribution < 1.29 is 9.18 Å². The second-order valence-electron chi connectivity index (χ2n) is 6.47. The van der Waals surface area contributed by atoms with Crippen LogP contribution in [0.25, 0.3) is 0 Å². The fraction of sp³-hybridized carbons (Fsp3) is 0.444. The van der Waals surface area contributed by atoms with Gasteiger partial charge in [-0.25, -0.2) is 4.39 Å². The topological polar surface area (TPSA) is 50.2 Å². The van der Waals surface area contributed by atoms with Crippen molar-refractivity contribution in [1.29, 1.82) is 0 Å². The van der Waals surface area contributed by atoms with Gasteiger partial charge in [0.1, 0.15) is 5.82 Å². The van der Waals surface area contributed by atoms with Gasteiger partial charge in [0.05, 0.1) is 18.2 Å². The van der Waals surface area contributed by atoms with E-state index in [0.717, 1.165) is 12.1 Å². The molecule has 2 heterocycles. The van der Waals surface area contributed by atoms with Gasteiger partial charge in [0, 0.05) is 44.9 Å². The molecule has 128 valence electrons. The molecular weight excluding hydrogens is 307 g/mol. The highest BCUT2D eigenvalue weighted by Gasteiger charge is 2.37. The minimum atomic E-state index is -0.311. The first-order valence-corrected chi connectivity index (χ1v) is 8.19. The molecule has 1 amide bonds. The van der Waals surface area contributed by atoms with Crippen LogP contribution in [0.1, 0.15) is 30.0 Å². The maximum Gasteiger partial charge on any atom is 0.227 e. The molecule has 1 unspecified atom stereocenters. The molecule has 1 aliphatic heterocycles. The zero-order chi connectivity index (χ0) is 17.3. The van der Waals surface area contributed by atoms with Gasteiger partial charge in [-0.3, -0.25) is 9.48 Å². The summed E-state index contributed by atoms with van der Waals surface area (Å²) in [7, 11) is 3.62. The Morgan fingerprint density at radius 1 is 1.42 bits per heavy atom. The Labute approximate surface area is 141 Å². The highest BCUT2D eigenvalue weighted by atomic mass is 19.1. The lowest BCUT2D eigenvalue weighted by molar-refractivity contribution is -0.136. The molecule has 0 spiro atoms. The molecular formula is C18H23FN4O. The van der Waals surface area contributed by atoms with E-state index in [2.05, 4.69) is 10.4 Å². The van der Waals surface area contributed by atoms with Gasteiger partial charge in [-0.2, -0.15) is 5.10 Å². The molecule has 0 radical (unpaired) electrons. The minimum Gasteiger partial charge on any atom is -0.339 e. The fourth-order valence-corrected chi connectivity index (χ4v) is 3.40. The molecule has 0 aliphatic carbocycles. The van der Waals surface area contributed by atoms with Gasteiger partial charge in [0.2, 0.25) is 5.91 Å². The number of hydrogen-bond donors (Lipinski definition) is 1. The van der Waals surface area contributed by atoms with Gasteiger partial charge in [-0.15, -0.1) is 0 Å². The van der Waals surface area contributed by atoms with Crippen LogP contribution in [-0.4, -0.2) is 40.7 Å². The third-order valence-electron chi connectivity index (χ3n) is 4.97. The summed E-state index contributed by atoms with van der Waals surface area (Å²) in [5.41, 5.74) is 1.60. The van der Waals surface area contributed by atoms with Crippen molar-refractivity contribution in [2.24, 2.45) is 13.0 Å². The van der Waals surface area contributed by atoms with Crippen LogP contribution in [0.4, 0.5) is 4.39 Å². The average molecular weight is 330 g/mol. The number of hydrogen-bond acceptors (Lipinski definition) is 3. The Kier molecular flexibility index (Phi) is 4.66. The lowest BCUT2D eigenvalue weighted by Gasteiger charge is -2.29. The lowest BCUT2D eigenvalue weighted by Crippen LogP contribution is -2.38. The minimum absolute atomic E-state index is 0.0320. The van der Waals surface area contributed by atoms with Crippen LogP contribution in [0, 0.1) is 11.7 Å². The Bertz CT molecular complexity index is 729. The summed E-state index contributed by atoms with van der Waals surface area (Å²) in [5, 5.41) is 7.51. The summed E-state index contributed by atoms with van der Waals surface area (Å²) in [6.07, 6.45) is 3.77. The molecule has 1 N–H and O–H groups in total. The van der Waals surface area contributed by atoms with Crippen LogP contribution in [0.3, 0.4) is 0 Å². The van der Waals surface area contributed by atoms with Crippen LogP contribution < -0.4 is 5.32 Å². The van der Waals surface area contributed by atoms with E-state index in [1.54, 1.807) is 34.8 Å². The van der Waals surface area contributed by atoms with E-state index < -0.39 is 0 Å². The van der Waals surface area contributed by atoms with E-state index in [1.165, 1.54) is 6.07 Å². The molecule has 6 heteroatoms. The third-order valence-corrected chi connectivity index (χ3v) is 4.97. The van der Waals surface area contributed by atoms with Crippen molar-refractivity contribution in [2.75, 3.05) is 20.1 Å². The fourth-order valence-electron chi connectivity index (χ4n) is 3.40. The number of nitrogens with zero attached hydrogens (tertiary/aromatic N) is 3. The highest BCUT2D eigenvalue weighted by Crippen LogP contribution is 2.31. The Balaban J connectivity index is 1.78. The van der Waals surface area contributed by atoms with E-state index in [4.69, 9.17) is 0 Å². The van der Waals surface area contributed by atoms with Crippen molar-refractivity contribution >= 4 is 5.91 Å². The van der Waals surface area contributed by atoms with Crippen molar-refractivity contribution in [3.63, 3.8) is 0 Å². The van der Waals surface area contributed by atoms with Crippen molar-refractivity contribution in [3.05, 3.63) is 53.6 Å². The van der Waals surface area contributed by atoms with Gasteiger partial charge >= 0.3 is 0 Å². The zero-order valence-corrected chi connectivity index (χ0v) is 14.2. The van der Waals surface area contributed by atoms with E-state index in [1.807, 2.05) is 26.4 Å². The lowest BCUT2D eigenvalue weighted by atomic mass is 9.89. The maximum absolute atomic E-state index is 14.0. The molecule has 5 nitrogen and oxygen atoms in total. The second-order valence-corrected chi connectivity index (χ2v) is 6.47. The summed E-state index contributed by atoms with van der Waals surface area (Å²) in [6.45, 7) is 3.24. The number of carbonyl (C=O) groups excluding carboxylic acids is 1. The first-order valence-electron chi connectivity index (χ1n) is 8.19. The Morgan fingerprint density at radius 2 is 2.17 bits per heavy atom. The summed E-state index contributed by atoms with van der Waals surface area (Å²) >= 11 is 0. The van der Waals surface area contributed by atoms with Crippen LogP contribution in [0.15, 0.2) is 36.7 Å². The van der Waals surface area contributed by atoms with Crippen LogP contribution in [0.2, 0.25) is 0 Å². The molecule has 1 aromatic carbocycles. The van der Waals surface area contributed by atoms with Crippen LogP contribution in [-0.2, 0) is 11.8 Å². The quantitative estimate of drug-likeness (QED) is 0.934. The van der Waals surface area contributed by atoms with Crippen molar-refractivity contribution in [2.45, 2.75) is 18.9 Å². The number of halogens is 1. The molecule has 1 saturated heterocycles. The standard InChI is InChI=1S/C18H23FN4O/c1-12(14-6-4-5-7-17(14)19)23(3)18(24)16-10-20-9-15(16)13-8-21-22(2)11-13/h4-8,11-12,15-16,20H,9-10H2,1-3H3/t12?,15-,16+/m1/s1. The van der Waals surface area contributed by atoms with Gasteiger partial charge in [-0.1, -0.05) is 18.2 Å². The number of nitrogens with one attached hydrogen (secondary N) is 1. The zero-order valence-electron chi connectivity index (χ0n) is 14.2. The first-order chi connectivity index (χ1) is 11.5. The summed E-state index contributed by atoms with van der Waals surface area (Å²) in [5.74, 6) is -0.308. The van der Waals surface area contributed by atoms with Crippen LogP contribution >= 0.6 is 0 Å². The molecule has 3 rings (SSSR count). The van der Waals surface area contributed by atoms with Gasteiger partial charge in [0.25, 0.3) is 0 Å². The van der Waals surface area contributed by atoms with E-state index >= 15 is 0 Å². The first kappa shape index (κ1) is 16.6. The predicted octanol–water partition coefficient (Wildman–Crippen LogP) is 2.08. The highest BCUT2D eigenvalue weighted by molar-refractivity contribution is 5.81. The van der Waals surface area contributed by atoms with Crippen LogP contribution in [0.5, 0.6) is 0 Å².